The van der Waals surface area contributed by atoms with Gasteiger partial charge in [-0.3, -0.25) is 0 Å². The van der Waals surface area contributed by atoms with Crippen LogP contribution in [0.5, 0.6) is 0 Å². The van der Waals surface area contributed by atoms with Gasteiger partial charge in [-0.25, -0.2) is 8.42 Å². The Labute approximate surface area is 136 Å². The summed E-state index contributed by atoms with van der Waals surface area (Å²) in [6.45, 7) is 0. The number of anilines is 1. The summed E-state index contributed by atoms with van der Waals surface area (Å²) in [6.07, 6.45) is 0. The van der Waals surface area contributed by atoms with Crippen LogP contribution in [-0.2, 0) is 10.1 Å². The predicted molar refractivity (Wildman–Crippen MR) is 54.8 cm³/mol. The molecule has 0 aliphatic carbocycles. The van der Waals surface area contributed by atoms with E-state index in [-0.39, 0.29) is 61.4 Å². The maximum absolute atomic E-state index is 10.5. The first kappa shape index (κ1) is 15.5. The van der Waals surface area contributed by atoms with Crippen molar-refractivity contribution in [3.8, 4) is 0 Å². The summed E-state index contributed by atoms with van der Waals surface area (Å²) in [6, 6.07) is 5.18. The van der Waals surface area contributed by atoms with E-state index in [1.54, 1.807) is 0 Å². The van der Waals surface area contributed by atoms with Crippen LogP contribution in [0.1, 0.15) is 0 Å². The third-order valence-electron chi connectivity index (χ3n) is 1.41. The van der Waals surface area contributed by atoms with E-state index in [0.29, 0.717) is 5.69 Å². The normalized spacial score (nSPS) is 10.2. The maximum atomic E-state index is 10.5. The van der Waals surface area contributed by atoms with Crippen LogP contribution in [0.15, 0.2) is 29.2 Å². The molecule has 8 heteroatoms. The third kappa shape index (κ3) is 5.36. The van der Waals surface area contributed by atoms with Crippen LogP contribution in [0.25, 0.3) is 0 Å². The Balaban J connectivity index is 0.00000196. The summed E-state index contributed by atoms with van der Waals surface area (Å²) in [5.74, 6) is 0. The predicted octanol–water partition coefficient (Wildman–Crippen LogP) is -2.75. The number of rotatable bonds is 2. The summed E-state index contributed by atoms with van der Waals surface area (Å²) in [5.41, 5.74) is 5.72. The Morgan fingerprint density at radius 2 is 1.80 bits per heavy atom. The number of thiocarbonyl (C=S) groups is 1. The molecule has 0 amide bonds. The second-order valence-corrected chi connectivity index (χ2v) is 4.29. The van der Waals surface area contributed by atoms with Gasteiger partial charge in [0, 0.05) is 5.69 Å². The number of hydrogen-bond donors (Lipinski definition) is 2. The van der Waals surface area contributed by atoms with Crippen molar-refractivity contribution >= 4 is 33.1 Å². The molecule has 0 saturated heterocycles. The van der Waals surface area contributed by atoms with Crippen molar-refractivity contribution in [1.29, 1.82) is 0 Å². The van der Waals surface area contributed by atoms with Crippen LogP contribution in [0.3, 0.4) is 0 Å². The Morgan fingerprint density at radius 1 is 1.33 bits per heavy atom. The maximum Gasteiger partial charge on any atom is 1.00 e. The van der Waals surface area contributed by atoms with Gasteiger partial charge in [-0.05, 0) is 36.5 Å². The molecule has 0 aromatic heterocycles. The van der Waals surface area contributed by atoms with E-state index in [2.05, 4.69) is 17.5 Å². The van der Waals surface area contributed by atoms with Crippen molar-refractivity contribution in [3.05, 3.63) is 24.3 Å². The van der Waals surface area contributed by atoms with E-state index in [1.807, 2.05) is 0 Å². The fraction of sp³-hybridized carbons (Fsp3) is 0. The molecule has 76 valence electrons. The summed E-state index contributed by atoms with van der Waals surface area (Å²) in [7, 11) is -4.39. The molecule has 15 heavy (non-hydrogen) atoms. The average Bonchev–Trinajstić information content (AvgIpc) is 2.02. The zero-order valence-corrected chi connectivity index (χ0v) is 12.7. The SMILES string of the molecule is NC(=S)Nc1ccc(S(=O)(=O)[O-])cc1.[K+]. The summed E-state index contributed by atoms with van der Waals surface area (Å²) >= 11 is 4.57. The molecule has 1 aromatic carbocycles. The summed E-state index contributed by atoms with van der Waals surface area (Å²) < 4.78 is 31.6. The molecule has 0 saturated carbocycles. The van der Waals surface area contributed by atoms with Gasteiger partial charge in [-0.15, -0.1) is 0 Å². The van der Waals surface area contributed by atoms with Crippen LogP contribution in [-0.4, -0.2) is 18.1 Å². The van der Waals surface area contributed by atoms with E-state index >= 15 is 0 Å². The van der Waals surface area contributed by atoms with Gasteiger partial charge in [0.2, 0.25) is 0 Å². The molecule has 0 bridgehead atoms. The molecule has 0 unspecified atom stereocenters. The molecule has 0 radical (unpaired) electrons. The average molecular weight is 270 g/mol. The fourth-order valence-corrected chi connectivity index (χ4v) is 1.43. The number of benzene rings is 1. The van der Waals surface area contributed by atoms with Crippen molar-refractivity contribution in [2.45, 2.75) is 4.90 Å². The fourth-order valence-electron chi connectivity index (χ4n) is 0.847. The van der Waals surface area contributed by atoms with Gasteiger partial charge < -0.3 is 15.6 Å². The quantitative estimate of drug-likeness (QED) is 0.344. The van der Waals surface area contributed by atoms with Crippen molar-refractivity contribution in [1.82, 2.24) is 0 Å². The van der Waals surface area contributed by atoms with Crippen LogP contribution in [0.4, 0.5) is 5.69 Å². The van der Waals surface area contributed by atoms with Gasteiger partial charge in [-0.1, -0.05) is 0 Å². The summed E-state index contributed by atoms with van der Waals surface area (Å²) in [4.78, 5) is -0.286. The minimum absolute atomic E-state index is 0. The second-order valence-electron chi connectivity index (χ2n) is 2.47. The molecule has 0 aliphatic rings. The molecular formula is C7H7KN2O3S2. The van der Waals surface area contributed by atoms with Gasteiger partial charge in [0.1, 0.15) is 10.1 Å². The van der Waals surface area contributed by atoms with Gasteiger partial charge in [0.25, 0.3) is 0 Å². The molecule has 3 N–H and O–H groups in total. The van der Waals surface area contributed by atoms with Gasteiger partial charge in [0.05, 0.1) is 4.90 Å². The molecule has 1 aromatic rings. The van der Waals surface area contributed by atoms with E-state index in [9.17, 15) is 13.0 Å². The van der Waals surface area contributed by atoms with Crippen molar-refractivity contribution < 1.29 is 64.4 Å². The Kier molecular flexibility index (Phi) is 6.45. The minimum atomic E-state index is -4.39. The van der Waals surface area contributed by atoms with E-state index in [4.69, 9.17) is 5.73 Å². The second kappa shape index (κ2) is 6.26. The zero-order chi connectivity index (χ0) is 10.8. The first-order valence-electron chi connectivity index (χ1n) is 3.52. The van der Waals surface area contributed by atoms with Crippen LogP contribution >= 0.6 is 12.2 Å². The monoisotopic (exact) mass is 270 g/mol. The van der Waals surface area contributed by atoms with Gasteiger partial charge in [-0.2, -0.15) is 0 Å². The first-order chi connectivity index (χ1) is 6.39. The Hall–Kier alpha value is 0.456. The van der Waals surface area contributed by atoms with Crippen LogP contribution in [0, 0.1) is 0 Å². The molecule has 5 nitrogen and oxygen atoms in total. The topological polar surface area (TPSA) is 95.2 Å². The zero-order valence-electron chi connectivity index (χ0n) is 7.93. The van der Waals surface area contributed by atoms with Crippen LogP contribution < -0.4 is 62.4 Å². The molecule has 0 spiro atoms. The number of hydrogen-bond acceptors (Lipinski definition) is 4. The number of nitrogens with two attached hydrogens (primary N) is 1. The molecule has 0 aliphatic heterocycles. The molecule has 1 rings (SSSR count). The van der Waals surface area contributed by atoms with E-state index in [0.717, 1.165) is 0 Å². The van der Waals surface area contributed by atoms with Crippen molar-refractivity contribution in [3.63, 3.8) is 0 Å². The van der Waals surface area contributed by atoms with E-state index < -0.39 is 10.1 Å². The Bertz CT molecular complexity index is 444. The van der Waals surface area contributed by atoms with Gasteiger partial charge >= 0.3 is 51.4 Å². The van der Waals surface area contributed by atoms with E-state index in [1.165, 1.54) is 24.3 Å². The van der Waals surface area contributed by atoms with Crippen molar-refractivity contribution in [2.75, 3.05) is 5.32 Å². The first-order valence-corrected chi connectivity index (χ1v) is 5.33. The largest absolute Gasteiger partial charge is 1.00 e. The summed E-state index contributed by atoms with van der Waals surface area (Å²) in [5, 5.41) is 2.67. The van der Waals surface area contributed by atoms with Gasteiger partial charge in [0.15, 0.2) is 5.11 Å². The standard InChI is InChI=1S/C7H8N2O3S2.K/c8-7(13)9-5-1-3-6(4-2-5)14(10,11)12;/h1-4H,(H3,8,9,13)(H,10,11,12);/q;+1/p-1. The number of nitrogens with one attached hydrogen (secondary N) is 1. The third-order valence-corrected chi connectivity index (χ3v) is 2.36. The molecular weight excluding hydrogens is 263 g/mol. The molecule has 0 heterocycles. The molecule has 0 atom stereocenters. The smallest absolute Gasteiger partial charge is 0.744 e. The minimum Gasteiger partial charge on any atom is -0.744 e. The van der Waals surface area contributed by atoms with Crippen LogP contribution in [0.2, 0.25) is 0 Å². The van der Waals surface area contributed by atoms with Crippen molar-refractivity contribution in [2.24, 2.45) is 5.73 Å². The Morgan fingerprint density at radius 3 is 2.13 bits per heavy atom. The molecule has 0 fully saturated rings.